The molecular weight excluding hydrogens is 420 g/mol. The number of aliphatic hydroxyl groups is 1. The van der Waals surface area contributed by atoms with Crippen molar-refractivity contribution >= 4 is 0 Å². The predicted octanol–water partition coefficient (Wildman–Crippen LogP) is 10.9. The van der Waals surface area contributed by atoms with Gasteiger partial charge in [-0.15, -0.1) is 0 Å². The molecule has 0 aliphatic carbocycles. The van der Waals surface area contributed by atoms with E-state index < -0.39 is 0 Å². The molecule has 1 N–H and O–H groups in total. The maximum Gasteiger partial charge on any atom is 0.0545 e. The van der Waals surface area contributed by atoms with Gasteiger partial charge in [-0.25, -0.2) is 0 Å². The molecular formula is C31H80O3. The first-order valence-corrected chi connectivity index (χ1v) is 11.6. The maximum atomic E-state index is 9.39. The van der Waals surface area contributed by atoms with Crippen LogP contribution in [0.3, 0.4) is 0 Å². The highest BCUT2D eigenvalue weighted by molar-refractivity contribution is 4.60. The van der Waals surface area contributed by atoms with Crippen LogP contribution in [-0.4, -0.2) is 37.6 Å². The lowest BCUT2D eigenvalue weighted by molar-refractivity contribution is 0.0886. The van der Waals surface area contributed by atoms with E-state index in [1.54, 1.807) is 0 Å². The Labute approximate surface area is 223 Å². The third-order valence-electron chi connectivity index (χ3n) is 3.29. The largest absolute Gasteiger partial charge is 0.393 e. The lowest BCUT2D eigenvalue weighted by Crippen LogP contribution is -2.12. The fourth-order valence-corrected chi connectivity index (χ4v) is 2.26. The van der Waals surface area contributed by atoms with Gasteiger partial charge in [-0.05, 0) is 48.3 Å². The van der Waals surface area contributed by atoms with Gasteiger partial charge in [0.2, 0.25) is 0 Å². The molecule has 0 atom stereocenters. The van der Waals surface area contributed by atoms with Gasteiger partial charge in [0.1, 0.15) is 0 Å². The van der Waals surface area contributed by atoms with Gasteiger partial charge in [-0.1, -0.05) is 128 Å². The zero-order valence-electron chi connectivity index (χ0n) is 21.5. The minimum atomic E-state index is -0.0833. The summed E-state index contributed by atoms with van der Waals surface area (Å²) in [5.41, 5.74) is 0. The summed E-state index contributed by atoms with van der Waals surface area (Å²) in [6.45, 7) is 29.5. The van der Waals surface area contributed by atoms with E-state index in [2.05, 4.69) is 83.1 Å². The Morgan fingerprint density at radius 3 is 0.676 bits per heavy atom. The van der Waals surface area contributed by atoms with E-state index in [1.807, 2.05) is 0 Å². The maximum absolute atomic E-state index is 9.39. The van der Waals surface area contributed by atoms with E-state index in [0.717, 1.165) is 39.3 Å². The molecule has 222 valence electrons. The third-order valence-corrected chi connectivity index (χ3v) is 3.29. The zero-order chi connectivity index (χ0) is 22.7. The highest BCUT2D eigenvalue weighted by Gasteiger charge is 2.08. The lowest BCUT2D eigenvalue weighted by Gasteiger charge is -2.14. The van der Waals surface area contributed by atoms with Crippen molar-refractivity contribution in [3.05, 3.63) is 0 Å². The zero-order valence-corrected chi connectivity index (χ0v) is 21.5. The SMILES string of the molecule is C.C.C.C.C.C.CC(C)CC(O)CC(C)C.CC(C)COCC(C)C.CC(C)COCC(C)C. The van der Waals surface area contributed by atoms with Crippen molar-refractivity contribution in [2.45, 2.75) is 147 Å². The Morgan fingerprint density at radius 2 is 0.559 bits per heavy atom. The van der Waals surface area contributed by atoms with E-state index in [0.29, 0.717) is 35.5 Å². The van der Waals surface area contributed by atoms with Gasteiger partial charge < -0.3 is 14.6 Å². The molecule has 0 aromatic rings. The van der Waals surface area contributed by atoms with Crippen molar-refractivity contribution in [1.29, 1.82) is 0 Å². The van der Waals surface area contributed by atoms with Crippen LogP contribution in [0.5, 0.6) is 0 Å². The molecule has 0 bridgehead atoms. The van der Waals surface area contributed by atoms with Crippen LogP contribution in [0.2, 0.25) is 0 Å². The molecule has 0 fully saturated rings. The third kappa shape index (κ3) is 76.9. The molecule has 0 aliphatic heterocycles. The summed E-state index contributed by atoms with van der Waals surface area (Å²) in [6, 6.07) is 0. The number of hydrogen-bond donors (Lipinski definition) is 1. The van der Waals surface area contributed by atoms with Gasteiger partial charge in [0.25, 0.3) is 0 Å². The monoisotopic (exact) mass is 501 g/mol. The summed E-state index contributed by atoms with van der Waals surface area (Å²) in [5, 5.41) is 9.39. The fraction of sp³-hybridized carbons (Fsp3) is 1.00. The molecule has 0 unspecified atom stereocenters. The van der Waals surface area contributed by atoms with E-state index in [1.165, 1.54) is 0 Å². The molecule has 0 amide bonds. The average Bonchev–Trinajstić information content (AvgIpc) is 2.44. The Kier molecular flexibility index (Phi) is 69.7. The van der Waals surface area contributed by atoms with Gasteiger partial charge in [-0.3, -0.25) is 0 Å². The number of aliphatic hydroxyl groups excluding tert-OH is 1. The van der Waals surface area contributed by atoms with Crippen molar-refractivity contribution < 1.29 is 14.6 Å². The summed E-state index contributed by atoms with van der Waals surface area (Å²) in [4.78, 5) is 0. The lowest BCUT2D eigenvalue weighted by atomic mass is 9.98. The van der Waals surface area contributed by atoms with E-state index >= 15 is 0 Å². The van der Waals surface area contributed by atoms with E-state index in [-0.39, 0.29) is 50.7 Å². The van der Waals surface area contributed by atoms with E-state index in [9.17, 15) is 5.11 Å². The van der Waals surface area contributed by atoms with Crippen LogP contribution in [0, 0.1) is 35.5 Å². The summed E-state index contributed by atoms with van der Waals surface area (Å²) in [6.07, 6.45) is 1.80. The topological polar surface area (TPSA) is 38.7 Å². The Bertz CT molecular complexity index is 240. The van der Waals surface area contributed by atoms with Crippen LogP contribution in [-0.2, 0) is 9.47 Å². The van der Waals surface area contributed by atoms with Crippen molar-refractivity contribution in [2.75, 3.05) is 26.4 Å². The molecule has 0 heterocycles. The molecule has 0 saturated heterocycles. The second-order valence-corrected chi connectivity index (χ2v) is 10.6. The van der Waals surface area contributed by atoms with E-state index in [4.69, 9.17) is 9.47 Å². The predicted molar refractivity (Wildman–Crippen MR) is 166 cm³/mol. The van der Waals surface area contributed by atoms with Crippen LogP contribution >= 0.6 is 0 Å². The minimum Gasteiger partial charge on any atom is -0.393 e. The Hall–Kier alpha value is -0.120. The first-order chi connectivity index (χ1) is 12.8. The summed E-state index contributed by atoms with van der Waals surface area (Å²) < 4.78 is 10.7. The minimum absolute atomic E-state index is 0. The van der Waals surface area contributed by atoms with Gasteiger partial charge >= 0.3 is 0 Å². The van der Waals surface area contributed by atoms with Crippen molar-refractivity contribution in [3.63, 3.8) is 0 Å². The molecule has 0 rings (SSSR count). The molecule has 0 aromatic heterocycles. The highest BCUT2D eigenvalue weighted by Crippen LogP contribution is 2.12. The summed E-state index contributed by atoms with van der Waals surface area (Å²) in [5.74, 6) is 3.92. The second-order valence-electron chi connectivity index (χ2n) is 10.6. The average molecular weight is 501 g/mol. The summed E-state index contributed by atoms with van der Waals surface area (Å²) in [7, 11) is 0. The first-order valence-electron chi connectivity index (χ1n) is 11.6. The van der Waals surface area contributed by atoms with Crippen LogP contribution in [0.4, 0.5) is 0 Å². The highest BCUT2D eigenvalue weighted by atomic mass is 16.5. The quantitative estimate of drug-likeness (QED) is 0.289. The van der Waals surface area contributed by atoms with Crippen molar-refractivity contribution in [1.82, 2.24) is 0 Å². The van der Waals surface area contributed by atoms with Gasteiger partial charge in [0, 0.05) is 26.4 Å². The van der Waals surface area contributed by atoms with Crippen molar-refractivity contribution in [2.24, 2.45) is 35.5 Å². The van der Waals surface area contributed by atoms with Crippen LogP contribution in [0.25, 0.3) is 0 Å². The molecule has 34 heavy (non-hydrogen) atoms. The standard InChI is InChI=1S/C9H20O.2C8H18O.6CH4/c1-7(2)5-9(10)6-8(3)4;2*1-7(2)5-9-6-8(3)4;;;;;;/h7-10H,5-6H2,1-4H3;2*7-8H,5-6H2,1-4H3;6*1H4. The van der Waals surface area contributed by atoms with Crippen LogP contribution < -0.4 is 0 Å². The number of ether oxygens (including phenoxy) is 2. The smallest absolute Gasteiger partial charge is 0.0545 e. The molecule has 0 spiro atoms. The number of rotatable bonds is 12. The second kappa shape index (κ2) is 40.1. The van der Waals surface area contributed by atoms with Crippen LogP contribution in [0.1, 0.15) is 140 Å². The van der Waals surface area contributed by atoms with Gasteiger partial charge in [0.05, 0.1) is 6.10 Å². The molecule has 0 saturated carbocycles. The van der Waals surface area contributed by atoms with Crippen LogP contribution in [0.15, 0.2) is 0 Å². The summed E-state index contributed by atoms with van der Waals surface area (Å²) >= 11 is 0. The Balaban J connectivity index is -0.0000000362. The number of hydrogen-bond acceptors (Lipinski definition) is 3. The molecule has 0 radical (unpaired) electrons. The molecule has 3 nitrogen and oxygen atoms in total. The fourth-order valence-electron chi connectivity index (χ4n) is 2.26. The van der Waals surface area contributed by atoms with Gasteiger partial charge in [0.15, 0.2) is 0 Å². The molecule has 0 aliphatic rings. The Morgan fingerprint density at radius 1 is 0.382 bits per heavy atom. The van der Waals surface area contributed by atoms with Crippen molar-refractivity contribution in [3.8, 4) is 0 Å². The molecule has 0 aromatic carbocycles. The molecule has 3 heteroatoms. The van der Waals surface area contributed by atoms with Gasteiger partial charge in [-0.2, -0.15) is 0 Å². The first kappa shape index (κ1) is 59.2. The normalized spacial score (nSPS) is 9.53.